The third-order valence-electron chi connectivity index (χ3n) is 0.972. The van der Waals surface area contributed by atoms with Crippen LogP contribution in [-0.2, 0) is 10.9 Å². The van der Waals surface area contributed by atoms with Crippen molar-refractivity contribution in [2.24, 2.45) is 5.10 Å². The summed E-state index contributed by atoms with van der Waals surface area (Å²) in [6, 6.07) is 0. The van der Waals surface area contributed by atoms with Crippen molar-refractivity contribution in [2.45, 2.75) is 0 Å². The van der Waals surface area contributed by atoms with Gasteiger partial charge in [0.1, 0.15) is 0 Å². The maximum Gasteiger partial charge on any atom is 0.226 e. The molecule has 0 fully saturated rings. The van der Waals surface area contributed by atoms with Gasteiger partial charge in [-0.3, -0.25) is 4.78 Å². The highest BCUT2D eigenvalue weighted by atomic mass is 32.2. The van der Waals surface area contributed by atoms with Crippen LogP contribution < -0.4 is 15.7 Å². The van der Waals surface area contributed by atoms with Gasteiger partial charge in [-0.2, -0.15) is 5.16 Å². The van der Waals surface area contributed by atoms with Crippen LogP contribution in [0.1, 0.15) is 0 Å². The molecule has 5 nitrogen and oxygen atoms in total. The van der Waals surface area contributed by atoms with E-state index in [-0.39, 0.29) is 0 Å². The van der Waals surface area contributed by atoms with Gasteiger partial charge in [0.2, 0.25) is 10.9 Å². The van der Waals surface area contributed by atoms with Crippen LogP contribution in [0.3, 0.4) is 0 Å². The molecule has 0 saturated carbocycles. The van der Waals surface area contributed by atoms with E-state index in [0.29, 0.717) is 10.9 Å². The van der Waals surface area contributed by atoms with Gasteiger partial charge in [-0.25, -0.2) is 4.83 Å². The SMILES string of the molecule is N=S1C=c2o[nH]c2=NN1. The second kappa shape index (κ2) is 1.47. The Morgan fingerprint density at radius 1 is 1.78 bits per heavy atom. The molecule has 1 atom stereocenters. The number of aromatic nitrogens is 1. The molecule has 3 N–H and O–H groups in total. The standard InChI is InChI=1S/C3H4N4OS/c4-9-1-2-3(5-7-9)6-8-2/h1H,(H2,4,7)(H,5,6). The summed E-state index contributed by atoms with van der Waals surface area (Å²) >= 11 is 0. The van der Waals surface area contributed by atoms with Crippen LogP contribution in [0.25, 0.3) is 5.41 Å². The third-order valence-corrected chi connectivity index (χ3v) is 1.71. The monoisotopic (exact) mass is 144 g/mol. The van der Waals surface area contributed by atoms with Crippen molar-refractivity contribution in [2.75, 3.05) is 0 Å². The number of rotatable bonds is 0. The molecule has 0 bridgehead atoms. The molecule has 2 rings (SSSR count). The molecule has 1 aromatic heterocycles. The molecule has 48 valence electrons. The highest BCUT2D eigenvalue weighted by molar-refractivity contribution is 7.91. The summed E-state index contributed by atoms with van der Waals surface area (Å²) in [6.45, 7) is 0. The zero-order valence-electron chi connectivity index (χ0n) is 4.34. The normalized spacial score (nSPS) is 23.3. The van der Waals surface area contributed by atoms with Gasteiger partial charge in [0.15, 0.2) is 0 Å². The molecule has 0 saturated heterocycles. The fraction of sp³-hybridized carbons (Fsp3) is 0. The first-order chi connectivity index (χ1) is 4.36. The van der Waals surface area contributed by atoms with Crippen molar-refractivity contribution in [3.63, 3.8) is 0 Å². The van der Waals surface area contributed by atoms with Gasteiger partial charge in [0.05, 0.1) is 5.41 Å². The lowest BCUT2D eigenvalue weighted by Crippen LogP contribution is -2.41. The van der Waals surface area contributed by atoms with Gasteiger partial charge < -0.3 is 4.52 Å². The minimum atomic E-state index is -0.704. The molecule has 9 heavy (non-hydrogen) atoms. The molecule has 1 aliphatic rings. The Morgan fingerprint density at radius 2 is 2.67 bits per heavy atom. The number of nitrogens with zero attached hydrogens (tertiary/aromatic N) is 1. The summed E-state index contributed by atoms with van der Waals surface area (Å²) in [5.74, 6) is 0. The van der Waals surface area contributed by atoms with E-state index in [1.165, 1.54) is 0 Å². The van der Waals surface area contributed by atoms with Gasteiger partial charge in [0, 0.05) is 10.9 Å². The maximum atomic E-state index is 7.15. The predicted molar refractivity (Wildman–Crippen MR) is 31.5 cm³/mol. The summed E-state index contributed by atoms with van der Waals surface area (Å²) in [4.78, 5) is 2.58. The average molecular weight is 144 g/mol. The van der Waals surface area contributed by atoms with E-state index in [9.17, 15) is 0 Å². The predicted octanol–water partition coefficient (Wildman–Crippen LogP) is -1.22. The van der Waals surface area contributed by atoms with E-state index in [1.807, 2.05) is 0 Å². The molecule has 0 radical (unpaired) electrons. The summed E-state index contributed by atoms with van der Waals surface area (Å²) in [5, 5.41) is 7.94. The van der Waals surface area contributed by atoms with Crippen LogP contribution in [0, 0.1) is 4.78 Å². The molecule has 0 spiro atoms. The Hall–Kier alpha value is -1.04. The van der Waals surface area contributed by atoms with Crippen molar-refractivity contribution in [1.82, 2.24) is 9.99 Å². The Labute approximate surface area is 52.4 Å². The first-order valence-corrected chi connectivity index (χ1v) is 3.58. The largest absolute Gasteiger partial charge is 0.376 e. The van der Waals surface area contributed by atoms with E-state index in [4.69, 9.17) is 9.30 Å². The lowest BCUT2D eigenvalue weighted by Gasteiger charge is -2.03. The minimum absolute atomic E-state index is 0.673. The smallest absolute Gasteiger partial charge is 0.226 e. The molecular formula is C3H4N4OS. The molecule has 1 aliphatic heterocycles. The van der Waals surface area contributed by atoms with Crippen molar-refractivity contribution in [3.05, 3.63) is 10.9 Å². The van der Waals surface area contributed by atoms with E-state index < -0.39 is 10.9 Å². The second-order valence-electron chi connectivity index (χ2n) is 1.58. The van der Waals surface area contributed by atoms with Crippen LogP contribution >= 0.6 is 0 Å². The first kappa shape index (κ1) is 4.80. The van der Waals surface area contributed by atoms with Crippen LogP contribution in [0.15, 0.2) is 9.62 Å². The lowest BCUT2D eigenvalue weighted by atomic mass is 10.7. The lowest BCUT2D eigenvalue weighted by molar-refractivity contribution is 0.298. The summed E-state index contributed by atoms with van der Waals surface area (Å²) in [6.07, 6.45) is 0. The van der Waals surface area contributed by atoms with Crippen LogP contribution in [0.2, 0.25) is 0 Å². The van der Waals surface area contributed by atoms with Crippen molar-refractivity contribution in [3.8, 4) is 0 Å². The van der Waals surface area contributed by atoms with Gasteiger partial charge in [-0.05, 0) is 0 Å². The molecule has 0 aliphatic carbocycles. The van der Waals surface area contributed by atoms with E-state index in [1.54, 1.807) is 5.41 Å². The van der Waals surface area contributed by atoms with Gasteiger partial charge in [-0.15, -0.1) is 5.10 Å². The highest BCUT2D eigenvalue weighted by Gasteiger charge is 2.00. The number of hydrogen-bond acceptors (Lipinski definition) is 3. The minimum Gasteiger partial charge on any atom is -0.376 e. The maximum absolute atomic E-state index is 7.15. The number of fused-ring (bicyclic) bond motifs is 1. The molecular weight excluding hydrogens is 140 g/mol. The topological polar surface area (TPSA) is 77.2 Å². The first-order valence-electron chi connectivity index (χ1n) is 2.29. The quantitative estimate of drug-likeness (QED) is 0.427. The Morgan fingerprint density at radius 3 is 3.11 bits per heavy atom. The van der Waals surface area contributed by atoms with Gasteiger partial charge in [0.25, 0.3) is 0 Å². The van der Waals surface area contributed by atoms with Crippen LogP contribution in [0.5, 0.6) is 0 Å². The zero-order chi connectivity index (χ0) is 6.27. The fourth-order valence-electron chi connectivity index (χ4n) is 0.542. The van der Waals surface area contributed by atoms with E-state index in [2.05, 4.69) is 15.1 Å². The Bertz CT molecular complexity index is 346. The van der Waals surface area contributed by atoms with Crippen LogP contribution in [-0.4, -0.2) is 5.16 Å². The van der Waals surface area contributed by atoms with Gasteiger partial charge >= 0.3 is 0 Å². The summed E-state index contributed by atoms with van der Waals surface area (Å²) in [5.41, 5.74) is 1.36. The molecule has 1 unspecified atom stereocenters. The van der Waals surface area contributed by atoms with Crippen molar-refractivity contribution < 1.29 is 4.52 Å². The zero-order valence-corrected chi connectivity index (χ0v) is 5.16. The second-order valence-corrected chi connectivity index (χ2v) is 2.67. The highest BCUT2D eigenvalue weighted by Crippen LogP contribution is 1.80. The van der Waals surface area contributed by atoms with E-state index in [0.717, 1.165) is 0 Å². The molecule has 1 aromatic rings. The number of nitrogens with one attached hydrogen (secondary N) is 3. The molecule has 0 aromatic carbocycles. The third kappa shape index (κ3) is 0.595. The average Bonchev–Trinajstić information content (AvgIpc) is 1.78. The van der Waals surface area contributed by atoms with Crippen molar-refractivity contribution in [1.29, 1.82) is 4.78 Å². The number of H-pyrrole nitrogens is 1. The molecule has 0 amide bonds. The number of aromatic amines is 1. The summed E-state index contributed by atoms with van der Waals surface area (Å²) in [7, 11) is -0.704. The van der Waals surface area contributed by atoms with Crippen molar-refractivity contribution >= 4 is 16.3 Å². The van der Waals surface area contributed by atoms with Crippen LogP contribution in [0.4, 0.5) is 0 Å². The Kier molecular flexibility index (Phi) is 0.786. The Balaban J connectivity index is 2.75. The summed E-state index contributed by atoms with van der Waals surface area (Å²) < 4.78 is 11.9. The molecule has 6 heteroatoms. The van der Waals surface area contributed by atoms with Gasteiger partial charge in [-0.1, -0.05) is 0 Å². The fourth-order valence-corrected chi connectivity index (χ4v) is 1.16. The van der Waals surface area contributed by atoms with E-state index >= 15 is 0 Å². The molecule has 2 heterocycles. The number of hydrogen-bond donors (Lipinski definition) is 3.